The highest BCUT2D eigenvalue weighted by Crippen LogP contribution is 2.17. The molecule has 0 aliphatic heterocycles. The van der Waals surface area contributed by atoms with Crippen molar-refractivity contribution in [2.75, 3.05) is 24.3 Å². The highest BCUT2D eigenvalue weighted by atomic mass is 16.1. The number of hydrogen-bond donors (Lipinski definition) is 2. The Balaban J connectivity index is 2.84. The Bertz CT molecular complexity index is 577. The molecule has 0 aromatic heterocycles. The lowest BCUT2D eigenvalue weighted by Crippen LogP contribution is -2.41. The van der Waals surface area contributed by atoms with Gasteiger partial charge in [-0.1, -0.05) is 6.07 Å². The van der Waals surface area contributed by atoms with Gasteiger partial charge in [0.1, 0.15) is 11.6 Å². The largest absolute Gasteiger partial charge is 0.378 e. The molecule has 0 unspecified atom stereocenters. The Hall–Kier alpha value is -2.48. The maximum atomic E-state index is 11.9. The van der Waals surface area contributed by atoms with Gasteiger partial charge >= 0.3 is 0 Å². The SMILES string of the molecule is CN(C)c1cccc(N/C=C(/C#N)C(=O)NC(C)(C)C)c1. The van der Waals surface area contributed by atoms with E-state index in [1.165, 1.54) is 6.20 Å². The summed E-state index contributed by atoms with van der Waals surface area (Å²) in [4.78, 5) is 13.9. The Kier molecular flexibility index (Phi) is 5.37. The molecule has 0 saturated carbocycles. The molecule has 0 aliphatic rings. The number of rotatable bonds is 4. The number of carbonyl (C=O) groups is 1. The van der Waals surface area contributed by atoms with E-state index in [-0.39, 0.29) is 17.0 Å². The van der Waals surface area contributed by atoms with E-state index in [2.05, 4.69) is 10.6 Å². The fourth-order valence-corrected chi connectivity index (χ4v) is 1.59. The molecule has 21 heavy (non-hydrogen) atoms. The summed E-state index contributed by atoms with van der Waals surface area (Å²) in [6, 6.07) is 9.61. The summed E-state index contributed by atoms with van der Waals surface area (Å²) in [6.45, 7) is 5.61. The van der Waals surface area contributed by atoms with E-state index in [1.54, 1.807) is 0 Å². The van der Waals surface area contributed by atoms with Gasteiger partial charge in [-0.3, -0.25) is 4.79 Å². The first-order valence-electron chi connectivity index (χ1n) is 6.69. The predicted molar refractivity (Wildman–Crippen MR) is 86.0 cm³/mol. The highest BCUT2D eigenvalue weighted by molar-refractivity contribution is 5.97. The highest BCUT2D eigenvalue weighted by Gasteiger charge is 2.17. The molecule has 0 atom stereocenters. The number of hydrogen-bond acceptors (Lipinski definition) is 4. The first-order valence-corrected chi connectivity index (χ1v) is 6.69. The second-order valence-electron chi connectivity index (χ2n) is 5.96. The van der Waals surface area contributed by atoms with E-state index in [1.807, 2.05) is 70.1 Å². The van der Waals surface area contributed by atoms with Gasteiger partial charge < -0.3 is 15.5 Å². The van der Waals surface area contributed by atoms with Gasteiger partial charge in [-0.25, -0.2) is 0 Å². The van der Waals surface area contributed by atoms with Crippen LogP contribution >= 0.6 is 0 Å². The first-order chi connectivity index (χ1) is 9.73. The summed E-state index contributed by atoms with van der Waals surface area (Å²) in [7, 11) is 3.90. The minimum atomic E-state index is -0.388. The quantitative estimate of drug-likeness (QED) is 0.659. The van der Waals surface area contributed by atoms with E-state index in [0.29, 0.717) is 0 Å². The molecular formula is C16H22N4O. The zero-order chi connectivity index (χ0) is 16.0. The molecule has 0 spiro atoms. The molecule has 1 amide bonds. The lowest BCUT2D eigenvalue weighted by Gasteiger charge is -2.20. The molecule has 1 aromatic rings. The molecule has 5 heteroatoms. The van der Waals surface area contributed by atoms with Crippen LogP contribution in [-0.2, 0) is 4.79 Å². The molecule has 112 valence electrons. The van der Waals surface area contributed by atoms with Crippen LogP contribution in [0.1, 0.15) is 20.8 Å². The summed E-state index contributed by atoms with van der Waals surface area (Å²) in [5, 5.41) is 14.8. The summed E-state index contributed by atoms with van der Waals surface area (Å²) >= 11 is 0. The standard InChI is InChI=1S/C16H22N4O/c1-16(2,3)19-15(21)12(10-17)11-18-13-7-6-8-14(9-13)20(4)5/h6-9,11,18H,1-5H3,(H,19,21)/b12-11-. The Morgan fingerprint density at radius 3 is 2.52 bits per heavy atom. The number of carbonyl (C=O) groups excluding carboxylic acids is 1. The molecule has 1 rings (SSSR count). The minimum absolute atomic E-state index is 0.0418. The molecule has 0 aliphatic carbocycles. The van der Waals surface area contributed by atoms with Crippen molar-refractivity contribution in [2.24, 2.45) is 0 Å². The van der Waals surface area contributed by atoms with E-state index >= 15 is 0 Å². The third-order valence-corrected chi connectivity index (χ3v) is 2.60. The topological polar surface area (TPSA) is 68.2 Å². The average Bonchev–Trinajstić information content (AvgIpc) is 2.37. The second-order valence-corrected chi connectivity index (χ2v) is 5.96. The minimum Gasteiger partial charge on any atom is -0.378 e. The van der Waals surface area contributed by atoms with Crippen LogP contribution in [0.15, 0.2) is 36.0 Å². The van der Waals surface area contributed by atoms with Crippen molar-refractivity contribution in [1.82, 2.24) is 5.32 Å². The van der Waals surface area contributed by atoms with Gasteiger partial charge in [0.25, 0.3) is 5.91 Å². The Labute approximate surface area is 126 Å². The number of nitriles is 1. The average molecular weight is 286 g/mol. The number of nitrogens with one attached hydrogen (secondary N) is 2. The number of anilines is 2. The van der Waals surface area contributed by atoms with Gasteiger partial charge in [0.15, 0.2) is 0 Å². The smallest absolute Gasteiger partial charge is 0.263 e. The molecule has 1 aromatic carbocycles. The van der Waals surface area contributed by atoms with Crippen LogP contribution < -0.4 is 15.5 Å². The van der Waals surface area contributed by atoms with Crippen molar-refractivity contribution in [3.05, 3.63) is 36.0 Å². The van der Waals surface area contributed by atoms with Gasteiger partial charge in [0, 0.05) is 37.2 Å². The molecular weight excluding hydrogens is 264 g/mol. The lowest BCUT2D eigenvalue weighted by atomic mass is 10.1. The van der Waals surface area contributed by atoms with E-state index in [9.17, 15) is 4.79 Å². The number of benzene rings is 1. The van der Waals surface area contributed by atoms with Crippen LogP contribution in [0.3, 0.4) is 0 Å². The van der Waals surface area contributed by atoms with Crippen LogP contribution in [-0.4, -0.2) is 25.5 Å². The Morgan fingerprint density at radius 2 is 2.00 bits per heavy atom. The van der Waals surface area contributed by atoms with E-state index in [0.717, 1.165) is 11.4 Å². The number of nitrogens with zero attached hydrogens (tertiary/aromatic N) is 2. The molecule has 0 radical (unpaired) electrons. The van der Waals surface area contributed by atoms with Gasteiger partial charge in [-0.15, -0.1) is 0 Å². The fraction of sp³-hybridized carbons (Fsp3) is 0.375. The zero-order valence-electron chi connectivity index (χ0n) is 13.2. The molecule has 5 nitrogen and oxygen atoms in total. The molecule has 0 bridgehead atoms. The van der Waals surface area contributed by atoms with Crippen LogP contribution in [0.5, 0.6) is 0 Å². The normalized spacial score (nSPS) is 11.5. The van der Waals surface area contributed by atoms with Crippen molar-refractivity contribution in [3.8, 4) is 6.07 Å². The lowest BCUT2D eigenvalue weighted by molar-refractivity contribution is -0.118. The molecule has 0 heterocycles. The molecule has 2 N–H and O–H groups in total. The Morgan fingerprint density at radius 1 is 1.33 bits per heavy atom. The first kappa shape index (κ1) is 16.6. The second kappa shape index (κ2) is 6.80. The van der Waals surface area contributed by atoms with Crippen molar-refractivity contribution in [1.29, 1.82) is 5.26 Å². The third-order valence-electron chi connectivity index (χ3n) is 2.60. The number of amides is 1. The monoisotopic (exact) mass is 286 g/mol. The van der Waals surface area contributed by atoms with Crippen LogP contribution in [0, 0.1) is 11.3 Å². The summed E-state index contributed by atoms with van der Waals surface area (Å²) < 4.78 is 0. The molecule has 0 fully saturated rings. The van der Waals surface area contributed by atoms with Gasteiger partial charge in [0.2, 0.25) is 0 Å². The van der Waals surface area contributed by atoms with Crippen LogP contribution in [0.4, 0.5) is 11.4 Å². The summed E-state index contributed by atoms with van der Waals surface area (Å²) in [5.74, 6) is -0.388. The van der Waals surface area contributed by atoms with Crippen molar-refractivity contribution >= 4 is 17.3 Å². The van der Waals surface area contributed by atoms with Crippen LogP contribution in [0.25, 0.3) is 0 Å². The molecule has 0 saturated heterocycles. The summed E-state index contributed by atoms with van der Waals surface area (Å²) in [6.07, 6.45) is 1.43. The zero-order valence-corrected chi connectivity index (χ0v) is 13.2. The van der Waals surface area contributed by atoms with E-state index in [4.69, 9.17) is 5.26 Å². The van der Waals surface area contributed by atoms with Gasteiger partial charge in [-0.05, 0) is 39.0 Å². The van der Waals surface area contributed by atoms with Crippen molar-refractivity contribution in [3.63, 3.8) is 0 Å². The third kappa shape index (κ3) is 5.57. The van der Waals surface area contributed by atoms with Gasteiger partial charge in [0.05, 0.1) is 0 Å². The van der Waals surface area contributed by atoms with Crippen LogP contribution in [0.2, 0.25) is 0 Å². The van der Waals surface area contributed by atoms with Crippen molar-refractivity contribution < 1.29 is 4.79 Å². The van der Waals surface area contributed by atoms with Crippen molar-refractivity contribution in [2.45, 2.75) is 26.3 Å². The van der Waals surface area contributed by atoms with E-state index < -0.39 is 0 Å². The maximum absolute atomic E-state index is 11.9. The maximum Gasteiger partial charge on any atom is 0.263 e. The fourth-order valence-electron chi connectivity index (χ4n) is 1.59. The predicted octanol–water partition coefficient (Wildman–Crippen LogP) is 2.49. The van der Waals surface area contributed by atoms with Gasteiger partial charge in [-0.2, -0.15) is 5.26 Å². The summed E-state index contributed by atoms with van der Waals surface area (Å²) in [5.41, 5.74) is 1.52.